The molecule has 8 rings (SSSR count). The summed E-state index contributed by atoms with van der Waals surface area (Å²) in [5.74, 6) is 0.726. The normalized spacial score (nSPS) is 15.3. The van der Waals surface area contributed by atoms with Gasteiger partial charge in [0.05, 0.1) is 11.0 Å². The first-order valence-electron chi connectivity index (χ1n) is 21.6. The van der Waals surface area contributed by atoms with Gasteiger partial charge in [-0.25, -0.2) is 9.97 Å². The molecule has 2 aromatic heterocycles. The van der Waals surface area contributed by atoms with Crippen molar-refractivity contribution < 1.29 is 9.59 Å². The molecule has 0 radical (unpaired) electrons. The molecule has 4 heterocycles. The molecule has 0 atom stereocenters. The van der Waals surface area contributed by atoms with Crippen LogP contribution in [0.3, 0.4) is 0 Å². The number of para-hydroxylation sites is 2. The SMILES string of the molecule is CC(C)(C)NC1CCN(c2cc(NC(=O)c3ccc(Cl)cc3)nc3ccccc23)CC1.CC(C)(C)NC1CCN(c2cc(NC(=O)c3ccc(Cl)cc3)nc3ccccc23)CC1. The molecule has 2 fully saturated rings. The van der Waals surface area contributed by atoms with Crippen LogP contribution in [-0.4, -0.2) is 71.1 Å². The fourth-order valence-electron chi connectivity index (χ4n) is 8.30. The lowest BCUT2D eigenvalue weighted by Crippen LogP contribution is -2.49. The summed E-state index contributed by atoms with van der Waals surface area (Å²) in [7, 11) is 0. The molecular formula is C50H58Cl2N8O2. The van der Waals surface area contributed by atoms with Crippen molar-refractivity contribution in [3.63, 3.8) is 0 Å². The van der Waals surface area contributed by atoms with Gasteiger partial charge in [0.2, 0.25) is 0 Å². The molecule has 0 spiro atoms. The predicted molar refractivity (Wildman–Crippen MR) is 259 cm³/mol. The lowest BCUT2D eigenvalue weighted by Gasteiger charge is -2.37. The molecule has 62 heavy (non-hydrogen) atoms. The van der Waals surface area contributed by atoms with Gasteiger partial charge in [-0.3, -0.25) is 9.59 Å². The van der Waals surface area contributed by atoms with Gasteiger partial charge in [0.15, 0.2) is 0 Å². The van der Waals surface area contributed by atoms with Crippen molar-refractivity contribution in [2.24, 2.45) is 0 Å². The molecule has 0 aliphatic carbocycles. The van der Waals surface area contributed by atoms with Crippen LogP contribution < -0.4 is 31.1 Å². The fourth-order valence-corrected chi connectivity index (χ4v) is 8.55. The minimum Gasteiger partial charge on any atom is -0.371 e. The first-order chi connectivity index (χ1) is 29.6. The van der Waals surface area contributed by atoms with E-state index in [0.29, 0.717) is 44.9 Å². The Labute approximate surface area is 375 Å². The molecule has 2 amide bonds. The molecule has 4 N–H and O–H groups in total. The number of carbonyl (C=O) groups excluding carboxylic acids is 2. The summed E-state index contributed by atoms with van der Waals surface area (Å²) in [6.45, 7) is 17.1. The van der Waals surface area contributed by atoms with Crippen LogP contribution in [0.1, 0.15) is 87.9 Å². The number of nitrogens with zero attached hydrogens (tertiary/aromatic N) is 4. The number of piperidine rings is 2. The molecule has 0 saturated carbocycles. The molecule has 6 aromatic rings. The maximum Gasteiger partial charge on any atom is 0.256 e. The zero-order chi connectivity index (χ0) is 44.0. The average Bonchev–Trinajstić information content (AvgIpc) is 3.23. The van der Waals surface area contributed by atoms with Gasteiger partial charge in [0, 0.05) is 105 Å². The second kappa shape index (κ2) is 19.4. The predicted octanol–water partition coefficient (Wildman–Crippen LogP) is 11.0. The number of benzene rings is 4. The van der Waals surface area contributed by atoms with E-state index in [9.17, 15) is 9.59 Å². The van der Waals surface area contributed by atoms with Crippen LogP contribution >= 0.6 is 23.2 Å². The van der Waals surface area contributed by atoms with Crippen molar-refractivity contribution in [3.05, 3.63) is 130 Å². The highest BCUT2D eigenvalue weighted by molar-refractivity contribution is 6.31. The molecular weight excluding hydrogens is 816 g/mol. The van der Waals surface area contributed by atoms with Crippen LogP contribution in [0.4, 0.5) is 23.0 Å². The Balaban J connectivity index is 0.000000186. The Morgan fingerprint density at radius 1 is 0.532 bits per heavy atom. The highest BCUT2D eigenvalue weighted by Crippen LogP contribution is 2.33. The largest absolute Gasteiger partial charge is 0.371 e. The number of pyridine rings is 2. The monoisotopic (exact) mass is 872 g/mol. The van der Waals surface area contributed by atoms with Crippen molar-refractivity contribution in [3.8, 4) is 0 Å². The first kappa shape index (κ1) is 44.8. The van der Waals surface area contributed by atoms with Crippen molar-refractivity contribution in [1.82, 2.24) is 20.6 Å². The topological polar surface area (TPSA) is 115 Å². The second-order valence-corrected chi connectivity index (χ2v) is 19.2. The molecule has 324 valence electrons. The molecule has 2 aliphatic rings. The summed E-state index contributed by atoms with van der Waals surface area (Å²) in [6.07, 6.45) is 4.33. The van der Waals surface area contributed by atoms with Crippen LogP contribution in [-0.2, 0) is 0 Å². The van der Waals surface area contributed by atoms with Gasteiger partial charge in [-0.2, -0.15) is 0 Å². The zero-order valence-electron chi connectivity index (χ0n) is 36.6. The first-order valence-corrected chi connectivity index (χ1v) is 22.3. The lowest BCUT2D eigenvalue weighted by molar-refractivity contribution is 0.101. The van der Waals surface area contributed by atoms with Gasteiger partial charge >= 0.3 is 0 Å². The van der Waals surface area contributed by atoms with E-state index in [0.717, 1.165) is 85.0 Å². The minimum absolute atomic E-state index is 0.120. The highest BCUT2D eigenvalue weighted by Gasteiger charge is 2.26. The Morgan fingerprint density at radius 3 is 1.21 bits per heavy atom. The molecule has 0 bridgehead atoms. The van der Waals surface area contributed by atoms with Gasteiger partial charge in [0.25, 0.3) is 11.8 Å². The third kappa shape index (κ3) is 12.0. The van der Waals surface area contributed by atoms with E-state index in [2.05, 4.69) is 94.7 Å². The minimum atomic E-state index is -0.196. The summed E-state index contributed by atoms with van der Waals surface area (Å²) >= 11 is 11.9. The Hall–Kier alpha value is -5.26. The summed E-state index contributed by atoms with van der Waals surface area (Å²) in [6, 6.07) is 34.9. The smallest absolute Gasteiger partial charge is 0.256 e. The maximum atomic E-state index is 12.7. The van der Waals surface area contributed by atoms with Crippen LogP contribution in [0, 0.1) is 0 Å². The molecule has 2 aliphatic heterocycles. The molecule has 2 saturated heterocycles. The van der Waals surface area contributed by atoms with Gasteiger partial charge in [-0.05, 0) is 128 Å². The van der Waals surface area contributed by atoms with Crippen molar-refractivity contribution in [1.29, 1.82) is 0 Å². The maximum absolute atomic E-state index is 12.7. The lowest BCUT2D eigenvalue weighted by atomic mass is 9.99. The molecule has 12 heteroatoms. The van der Waals surface area contributed by atoms with Crippen LogP contribution in [0.15, 0.2) is 109 Å². The quantitative estimate of drug-likeness (QED) is 0.120. The van der Waals surface area contributed by atoms with Crippen LogP contribution in [0.25, 0.3) is 21.8 Å². The third-order valence-electron chi connectivity index (χ3n) is 11.0. The summed E-state index contributed by atoms with van der Waals surface area (Å²) in [5, 5.41) is 16.8. The van der Waals surface area contributed by atoms with Crippen LogP contribution in [0.2, 0.25) is 10.0 Å². The van der Waals surface area contributed by atoms with Gasteiger partial charge in [-0.1, -0.05) is 59.6 Å². The zero-order valence-corrected chi connectivity index (χ0v) is 38.1. The van der Waals surface area contributed by atoms with E-state index in [-0.39, 0.29) is 22.9 Å². The third-order valence-corrected chi connectivity index (χ3v) is 11.5. The standard InChI is InChI=1S/2C25H29ClN4O/c2*1-25(2,3)29-19-12-14-30(15-13-19)22-16-23(27-21-7-5-4-6-20(21)22)28-24(31)17-8-10-18(26)11-9-17/h2*4-11,16,19,29H,12-15H2,1-3H3,(H,27,28,31). The van der Waals surface area contributed by atoms with Crippen molar-refractivity contribution in [2.45, 2.75) is 90.4 Å². The van der Waals surface area contributed by atoms with E-state index in [1.54, 1.807) is 48.5 Å². The fraction of sp³-hybridized carbons (Fsp3) is 0.360. The highest BCUT2D eigenvalue weighted by atomic mass is 35.5. The van der Waals surface area contributed by atoms with Gasteiger partial charge in [-0.15, -0.1) is 0 Å². The summed E-state index contributed by atoms with van der Waals surface area (Å²) in [5.41, 5.74) is 5.33. The average molecular weight is 874 g/mol. The van der Waals surface area contributed by atoms with E-state index in [1.165, 1.54) is 0 Å². The number of hydrogen-bond acceptors (Lipinski definition) is 8. The van der Waals surface area contributed by atoms with Crippen LogP contribution in [0.5, 0.6) is 0 Å². The molecule has 4 aromatic carbocycles. The van der Waals surface area contributed by atoms with E-state index >= 15 is 0 Å². The second-order valence-electron chi connectivity index (χ2n) is 18.3. The number of halogens is 2. The number of aromatic nitrogens is 2. The Kier molecular flexibility index (Phi) is 14.0. The van der Waals surface area contributed by atoms with Crippen molar-refractivity contribution in [2.75, 3.05) is 46.6 Å². The Morgan fingerprint density at radius 2 is 0.871 bits per heavy atom. The number of fused-ring (bicyclic) bond motifs is 2. The van der Waals surface area contributed by atoms with E-state index < -0.39 is 0 Å². The van der Waals surface area contributed by atoms with Gasteiger partial charge in [0.1, 0.15) is 11.6 Å². The number of hydrogen-bond donors (Lipinski definition) is 4. The van der Waals surface area contributed by atoms with Gasteiger partial charge < -0.3 is 31.1 Å². The molecule has 0 unspecified atom stereocenters. The Bertz CT molecular complexity index is 2310. The number of amides is 2. The number of rotatable bonds is 8. The molecule has 10 nitrogen and oxygen atoms in total. The summed E-state index contributed by atoms with van der Waals surface area (Å²) < 4.78 is 0. The summed E-state index contributed by atoms with van der Waals surface area (Å²) in [4.78, 5) is 39.6. The number of carbonyl (C=O) groups is 2. The van der Waals surface area contributed by atoms with Crippen molar-refractivity contribution >= 4 is 79.8 Å². The van der Waals surface area contributed by atoms with E-state index in [1.807, 2.05) is 48.5 Å². The number of anilines is 4. The van der Waals surface area contributed by atoms with E-state index in [4.69, 9.17) is 23.2 Å². The number of nitrogens with one attached hydrogen (secondary N) is 4.